The van der Waals surface area contributed by atoms with Crippen LogP contribution in [0.5, 0.6) is 0 Å². The molecule has 0 amide bonds. The monoisotopic (exact) mass is 368 g/mol. The van der Waals surface area contributed by atoms with E-state index in [9.17, 15) is 18.8 Å². The first-order chi connectivity index (χ1) is 13.0. The molecule has 5 nitrogen and oxygen atoms in total. The summed E-state index contributed by atoms with van der Waals surface area (Å²) >= 11 is 0. The summed E-state index contributed by atoms with van der Waals surface area (Å²) in [6.07, 6.45) is 1.98. The molecule has 7 heteroatoms. The van der Waals surface area contributed by atoms with E-state index in [-0.39, 0.29) is 46.5 Å². The fourth-order valence-electron chi connectivity index (χ4n) is 3.68. The predicted octanol–water partition coefficient (Wildman–Crippen LogP) is 3.77. The highest BCUT2D eigenvalue weighted by atomic mass is 19.1. The molecular formula is C20H14F2N2O3. The minimum absolute atomic E-state index is 0.0106. The van der Waals surface area contributed by atoms with Crippen LogP contribution in [0.4, 0.5) is 8.78 Å². The van der Waals surface area contributed by atoms with Crippen LogP contribution in [0.1, 0.15) is 36.0 Å². The highest BCUT2D eigenvalue weighted by Crippen LogP contribution is 2.47. The van der Waals surface area contributed by atoms with Crippen LogP contribution in [0, 0.1) is 23.0 Å². The Hall–Kier alpha value is -3.40. The number of furan rings is 1. The fourth-order valence-corrected chi connectivity index (χ4v) is 3.68. The van der Waals surface area contributed by atoms with E-state index < -0.39 is 17.6 Å². The molecule has 0 radical (unpaired) electrons. The number of hydrogen-bond acceptors (Lipinski definition) is 5. The van der Waals surface area contributed by atoms with Gasteiger partial charge in [-0.3, -0.25) is 4.79 Å². The lowest BCUT2D eigenvalue weighted by molar-refractivity contribution is -0.117. The first-order valence-electron chi connectivity index (χ1n) is 8.31. The summed E-state index contributed by atoms with van der Waals surface area (Å²) in [6, 6.07) is 8.42. The van der Waals surface area contributed by atoms with E-state index in [2.05, 4.69) is 0 Å². The van der Waals surface area contributed by atoms with Crippen LogP contribution in [-0.2, 0) is 9.53 Å². The largest absolute Gasteiger partial charge is 0.469 e. The number of carbonyl (C=O) groups excluding carboxylic acids is 1. The Kier molecular flexibility index (Phi) is 4.04. The van der Waals surface area contributed by atoms with E-state index in [0.717, 1.165) is 12.1 Å². The number of hydrogen-bond donors (Lipinski definition) is 1. The van der Waals surface area contributed by atoms with E-state index in [0.29, 0.717) is 12.2 Å². The Balaban J connectivity index is 1.84. The molecule has 1 aliphatic carbocycles. The van der Waals surface area contributed by atoms with E-state index >= 15 is 0 Å². The second-order valence-corrected chi connectivity index (χ2v) is 6.47. The SMILES string of the molecule is N#CC1=C(N)OC2=C(C(=O)C[C@@H](c3ccco3)C2)[C@H]1c1ccc(F)cc1F. The smallest absolute Gasteiger partial charge is 0.205 e. The second-order valence-electron chi connectivity index (χ2n) is 6.47. The number of nitrogens with zero attached hydrogens (tertiary/aromatic N) is 1. The summed E-state index contributed by atoms with van der Waals surface area (Å²) in [5.74, 6) is -2.40. The number of rotatable bonds is 2. The Bertz CT molecular complexity index is 1030. The molecular weight excluding hydrogens is 354 g/mol. The quantitative estimate of drug-likeness (QED) is 0.872. The first-order valence-corrected chi connectivity index (χ1v) is 8.31. The molecule has 27 heavy (non-hydrogen) atoms. The summed E-state index contributed by atoms with van der Waals surface area (Å²) in [4.78, 5) is 12.9. The first kappa shape index (κ1) is 17.0. The fraction of sp³-hybridized carbons (Fsp3) is 0.200. The van der Waals surface area contributed by atoms with Crippen LogP contribution in [-0.4, -0.2) is 5.78 Å². The number of halogens is 2. The Morgan fingerprint density at radius 2 is 2.04 bits per heavy atom. The minimum Gasteiger partial charge on any atom is -0.469 e. The van der Waals surface area contributed by atoms with Gasteiger partial charge < -0.3 is 14.9 Å². The maximum atomic E-state index is 14.5. The standard InChI is InChI=1S/C20H14F2N2O3/c21-11-3-4-12(14(22)8-11)18-13(9-23)20(24)27-17-7-10(6-15(25)19(17)18)16-2-1-5-26-16/h1-5,8,10,18H,6-7,24H2/t10-,18+/m1/s1. The van der Waals surface area contributed by atoms with Gasteiger partial charge in [0.25, 0.3) is 0 Å². The van der Waals surface area contributed by atoms with Gasteiger partial charge in [0.15, 0.2) is 5.78 Å². The lowest BCUT2D eigenvalue weighted by Gasteiger charge is -2.33. The Labute approximate surface area is 153 Å². The third-order valence-electron chi connectivity index (χ3n) is 4.88. The molecule has 2 aromatic rings. The molecule has 2 heterocycles. The third-order valence-corrected chi connectivity index (χ3v) is 4.88. The maximum absolute atomic E-state index is 14.5. The zero-order valence-corrected chi connectivity index (χ0v) is 14.0. The number of benzene rings is 1. The van der Waals surface area contributed by atoms with Crippen LogP contribution in [0.25, 0.3) is 0 Å². The van der Waals surface area contributed by atoms with Crippen molar-refractivity contribution >= 4 is 5.78 Å². The molecule has 2 N–H and O–H groups in total. The van der Waals surface area contributed by atoms with Crippen LogP contribution in [0.15, 0.2) is 63.8 Å². The molecule has 4 rings (SSSR count). The summed E-state index contributed by atoms with van der Waals surface area (Å²) < 4.78 is 38.7. The van der Waals surface area contributed by atoms with Crippen LogP contribution in [0.2, 0.25) is 0 Å². The summed E-state index contributed by atoms with van der Waals surface area (Å²) in [7, 11) is 0. The van der Waals surface area contributed by atoms with Crippen molar-refractivity contribution in [3.63, 3.8) is 0 Å². The van der Waals surface area contributed by atoms with Crippen molar-refractivity contribution in [2.75, 3.05) is 0 Å². The predicted molar refractivity (Wildman–Crippen MR) is 89.7 cm³/mol. The van der Waals surface area contributed by atoms with E-state index in [1.54, 1.807) is 12.1 Å². The molecule has 0 saturated heterocycles. The number of nitrogens with two attached hydrogens (primary N) is 1. The molecule has 136 valence electrons. The molecule has 2 atom stereocenters. The molecule has 0 spiro atoms. The summed E-state index contributed by atoms with van der Waals surface area (Å²) in [5.41, 5.74) is 6.02. The van der Waals surface area contributed by atoms with Crippen LogP contribution in [0.3, 0.4) is 0 Å². The Morgan fingerprint density at radius 1 is 1.22 bits per heavy atom. The zero-order valence-electron chi connectivity index (χ0n) is 14.0. The molecule has 0 saturated carbocycles. The van der Waals surface area contributed by atoms with Gasteiger partial charge in [-0.2, -0.15) is 5.26 Å². The summed E-state index contributed by atoms with van der Waals surface area (Å²) in [6.45, 7) is 0. The van der Waals surface area contributed by atoms with E-state index in [1.165, 1.54) is 12.3 Å². The van der Waals surface area contributed by atoms with Gasteiger partial charge >= 0.3 is 0 Å². The number of allylic oxidation sites excluding steroid dienone is 3. The van der Waals surface area contributed by atoms with Crippen molar-refractivity contribution < 1.29 is 22.7 Å². The normalized spacial score (nSPS) is 22.3. The average Bonchev–Trinajstić information content (AvgIpc) is 3.15. The maximum Gasteiger partial charge on any atom is 0.205 e. The van der Waals surface area contributed by atoms with Crippen molar-refractivity contribution in [3.8, 4) is 6.07 Å². The molecule has 0 fully saturated rings. The van der Waals surface area contributed by atoms with Crippen molar-refractivity contribution in [1.29, 1.82) is 5.26 Å². The number of carbonyl (C=O) groups is 1. The third kappa shape index (κ3) is 2.79. The highest BCUT2D eigenvalue weighted by molar-refractivity contribution is 6.00. The number of ether oxygens (including phenoxy) is 1. The van der Waals surface area contributed by atoms with E-state index in [4.69, 9.17) is 14.9 Å². The van der Waals surface area contributed by atoms with Crippen molar-refractivity contribution in [3.05, 3.63) is 82.3 Å². The molecule has 1 aromatic heterocycles. The van der Waals surface area contributed by atoms with E-state index in [1.807, 2.05) is 6.07 Å². The number of nitriles is 1. The molecule has 0 bridgehead atoms. The van der Waals surface area contributed by atoms with Gasteiger partial charge in [-0.15, -0.1) is 0 Å². The Morgan fingerprint density at radius 3 is 2.70 bits per heavy atom. The van der Waals surface area contributed by atoms with Gasteiger partial charge in [-0.1, -0.05) is 6.07 Å². The van der Waals surface area contributed by atoms with Crippen LogP contribution < -0.4 is 5.73 Å². The molecule has 2 aliphatic rings. The molecule has 0 unspecified atom stereocenters. The van der Waals surface area contributed by atoms with Gasteiger partial charge in [0, 0.05) is 36.0 Å². The van der Waals surface area contributed by atoms with Gasteiger partial charge in [-0.05, 0) is 18.2 Å². The van der Waals surface area contributed by atoms with Crippen molar-refractivity contribution in [1.82, 2.24) is 0 Å². The second kappa shape index (κ2) is 6.40. The lowest BCUT2D eigenvalue weighted by atomic mass is 9.74. The van der Waals surface area contributed by atoms with Gasteiger partial charge in [0.2, 0.25) is 5.88 Å². The summed E-state index contributed by atoms with van der Waals surface area (Å²) in [5, 5.41) is 9.50. The van der Waals surface area contributed by atoms with Gasteiger partial charge in [0.05, 0.1) is 12.2 Å². The number of ketones is 1. The van der Waals surface area contributed by atoms with Gasteiger partial charge in [-0.25, -0.2) is 8.78 Å². The molecule has 1 aliphatic heterocycles. The van der Waals surface area contributed by atoms with Gasteiger partial charge in [0.1, 0.15) is 34.8 Å². The van der Waals surface area contributed by atoms with Crippen molar-refractivity contribution in [2.45, 2.75) is 24.7 Å². The lowest BCUT2D eigenvalue weighted by Crippen LogP contribution is -2.30. The molecule has 1 aromatic carbocycles. The zero-order chi connectivity index (χ0) is 19.1. The highest BCUT2D eigenvalue weighted by Gasteiger charge is 2.42. The van der Waals surface area contributed by atoms with Crippen molar-refractivity contribution in [2.24, 2.45) is 5.73 Å². The average molecular weight is 368 g/mol. The van der Waals surface area contributed by atoms with Crippen LogP contribution >= 0.6 is 0 Å². The number of Topliss-reactive ketones (excluding diaryl/α,β-unsaturated/α-hetero) is 1. The topological polar surface area (TPSA) is 89.3 Å². The minimum atomic E-state index is -1.02.